The lowest BCUT2D eigenvalue weighted by atomic mass is 9.85. The molecule has 3 N–H and O–H groups in total. The van der Waals surface area contributed by atoms with Crippen molar-refractivity contribution in [3.63, 3.8) is 0 Å². The first kappa shape index (κ1) is 34.6. The summed E-state index contributed by atoms with van der Waals surface area (Å²) >= 11 is 0. The van der Waals surface area contributed by atoms with Gasteiger partial charge in [-0.15, -0.1) is 0 Å². The number of esters is 1. The van der Waals surface area contributed by atoms with Gasteiger partial charge in [0.15, 0.2) is 0 Å². The highest BCUT2D eigenvalue weighted by atomic mass is 16.6. The Labute approximate surface area is 232 Å². The van der Waals surface area contributed by atoms with E-state index in [9.17, 15) is 20.1 Å². The minimum atomic E-state index is -1.26. The highest BCUT2D eigenvalue weighted by Gasteiger charge is 2.49. The molecule has 6 heteroatoms. The van der Waals surface area contributed by atoms with E-state index >= 15 is 0 Å². The standard InChI is InChI=1S/C32H56O6/c1-23(2)13-10-15-25(5)16-12-20-30(7,35)27(34)17-18-29(37-26(6)33)32(9)22-19-28(38-32)31(8,36)21-11-14-24(3)4/h13-14,16,27-29,34-36H,10-12,15,17-22H2,1-9H3/b25-16-/t27-,28-,29+,30+,31+,32-/m1/s1. The van der Waals surface area contributed by atoms with Gasteiger partial charge in [-0.25, -0.2) is 0 Å². The Kier molecular flexibility index (Phi) is 14.0. The molecule has 0 amide bonds. The lowest BCUT2D eigenvalue weighted by molar-refractivity contribution is -0.185. The third-order valence-corrected chi connectivity index (χ3v) is 7.86. The Balaban J connectivity index is 2.75. The van der Waals surface area contributed by atoms with E-state index in [1.807, 2.05) is 27.7 Å². The third-order valence-electron chi connectivity index (χ3n) is 7.86. The topological polar surface area (TPSA) is 96.2 Å². The fraction of sp³-hybridized carbons (Fsp3) is 0.781. The van der Waals surface area contributed by atoms with Crippen LogP contribution in [0.4, 0.5) is 0 Å². The van der Waals surface area contributed by atoms with Crippen LogP contribution in [0.2, 0.25) is 0 Å². The van der Waals surface area contributed by atoms with E-state index in [1.54, 1.807) is 6.92 Å². The summed E-state index contributed by atoms with van der Waals surface area (Å²) in [5.41, 5.74) is 0.784. The van der Waals surface area contributed by atoms with Crippen LogP contribution in [0.15, 0.2) is 34.9 Å². The van der Waals surface area contributed by atoms with Gasteiger partial charge in [0.2, 0.25) is 0 Å². The van der Waals surface area contributed by atoms with Gasteiger partial charge >= 0.3 is 5.97 Å². The summed E-state index contributed by atoms with van der Waals surface area (Å²) in [6, 6.07) is 0. The maximum absolute atomic E-state index is 11.9. The van der Waals surface area contributed by atoms with Crippen LogP contribution in [-0.2, 0) is 14.3 Å². The second-order valence-corrected chi connectivity index (χ2v) is 12.6. The second-order valence-electron chi connectivity index (χ2n) is 12.6. The van der Waals surface area contributed by atoms with E-state index in [2.05, 4.69) is 39.0 Å². The van der Waals surface area contributed by atoms with Crippen LogP contribution in [0.1, 0.15) is 127 Å². The van der Waals surface area contributed by atoms with E-state index in [-0.39, 0.29) is 12.5 Å². The first-order valence-corrected chi connectivity index (χ1v) is 14.4. The number of hydrogen-bond donors (Lipinski definition) is 3. The van der Waals surface area contributed by atoms with Gasteiger partial charge in [-0.05, 0) is 120 Å². The number of carbonyl (C=O) groups excluding carboxylic acids is 1. The van der Waals surface area contributed by atoms with Gasteiger partial charge in [-0.3, -0.25) is 4.79 Å². The molecule has 6 atom stereocenters. The van der Waals surface area contributed by atoms with E-state index in [0.29, 0.717) is 38.5 Å². The molecule has 0 spiro atoms. The fourth-order valence-electron chi connectivity index (χ4n) is 5.13. The molecule has 0 unspecified atom stereocenters. The molecule has 1 aliphatic rings. The number of aliphatic hydroxyl groups is 3. The van der Waals surface area contributed by atoms with E-state index in [1.165, 1.54) is 23.6 Å². The molecule has 1 fully saturated rings. The van der Waals surface area contributed by atoms with Gasteiger partial charge in [0.1, 0.15) is 11.7 Å². The minimum absolute atomic E-state index is 0.273. The van der Waals surface area contributed by atoms with Crippen LogP contribution < -0.4 is 0 Å². The molecule has 38 heavy (non-hydrogen) atoms. The van der Waals surface area contributed by atoms with Crippen molar-refractivity contribution in [2.45, 2.75) is 162 Å². The second kappa shape index (κ2) is 15.4. The SMILES string of the molecule is CC(=O)O[C@@H](CC[C@@H](O)[C@@](C)(O)CC/C=C(/C)CCC=C(C)C)[C@@]1(C)CC[C@H]([C@@](C)(O)CCC=C(C)C)O1. The molecule has 0 aliphatic carbocycles. The van der Waals surface area contributed by atoms with Gasteiger partial charge in [0.25, 0.3) is 0 Å². The van der Waals surface area contributed by atoms with Crippen molar-refractivity contribution in [3.8, 4) is 0 Å². The zero-order chi connectivity index (χ0) is 29.1. The van der Waals surface area contributed by atoms with Gasteiger partial charge in [-0.1, -0.05) is 34.9 Å². The Bertz CT molecular complexity index is 829. The quantitative estimate of drug-likeness (QED) is 0.150. The van der Waals surface area contributed by atoms with Crippen molar-refractivity contribution >= 4 is 5.97 Å². The predicted molar refractivity (Wildman–Crippen MR) is 155 cm³/mol. The van der Waals surface area contributed by atoms with Crippen molar-refractivity contribution < 1.29 is 29.6 Å². The number of hydrogen-bond acceptors (Lipinski definition) is 6. The zero-order valence-corrected chi connectivity index (χ0v) is 25.6. The molecule has 220 valence electrons. The van der Waals surface area contributed by atoms with Crippen LogP contribution in [-0.4, -0.2) is 56.4 Å². The molecule has 0 aromatic heterocycles. The minimum Gasteiger partial charge on any atom is -0.459 e. The van der Waals surface area contributed by atoms with Crippen LogP contribution >= 0.6 is 0 Å². The lowest BCUT2D eigenvalue weighted by Gasteiger charge is -2.37. The molecule has 0 saturated carbocycles. The highest BCUT2D eigenvalue weighted by molar-refractivity contribution is 5.66. The van der Waals surface area contributed by atoms with E-state index in [0.717, 1.165) is 19.3 Å². The largest absolute Gasteiger partial charge is 0.459 e. The lowest BCUT2D eigenvalue weighted by Crippen LogP contribution is -2.47. The van der Waals surface area contributed by atoms with Crippen molar-refractivity contribution in [2.75, 3.05) is 0 Å². The van der Waals surface area contributed by atoms with Crippen LogP contribution in [0.3, 0.4) is 0 Å². The summed E-state index contributed by atoms with van der Waals surface area (Å²) < 4.78 is 12.1. The Hall–Kier alpha value is -1.47. The van der Waals surface area contributed by atoms with Gasteiger partial charge < -0.3 is 24.8 Å². The average Bonchev–Trinajstić information content (AvgIpc) is 3.19. The molecule has 0 bridgehead atoms. The summed E-state index contributed by atoms with van der Waals surface area (Å²) in [5.74, 6) is -0.409. The number of allylic oxidation sites excluding steroid dienone is 6. The first-order valence-electron chi connectivity index (χ1n) is 14.4. The maximum Gasteiger partial charge on any atom is 0.303 e. The third kappa shape index (κ3) is 12.1. The fourth-order valence-corrected chi connectivity index (χ4v) is 5.13. The summed E-state index contributed by atoms with van der Waals surface area (Å²) in [6.07, 6.45) is 11.0. The Morgan fingerprint density at radius 3 is 2.13 bits per heavy atom. The molecule has 0 radical (unpaired) electrons. The maximum atomic E-state index is 11.9. The number of carbonyl (C=O) groups is 1. The van der Waals surface area contributed by atoms with Crippen LogP contribution in [0.25, 0.3) is 0 Å². The smallest absolute Gasteiger partial charge is 0.303 e. The van der Waals surface area contributed by atoms with Crippen molar-refractivity contribution in [1.29, 1.82) is 0 Å². The molecule has 1 saturated heterocycles. The molecule has 1 aliphatic heterocycles. The monoisotopic (exact) mass is 536 g/mol. The molecule has 0 aromatic carbocycles. The molecule has 1 heterocycles. The Morgan fingerprint density at radius 1 is 0.974 bits per heavy atom. The molecule has 6 nitrogen and oxygen atoms in total. The average molecular weight is 537 g/mol. The molecule has 1 rings (SSSR count). The summed E-state index contributed by atoms with van der Waals surface area (Å²) in [4.78, 5) is 11.9. The van der Waals surface area contributed by atoms with Gasteiger partial charge in [-0.2, -0.15) is 0 Å². The number of aliphatic hydroxyl groups excluding tert-OH is 1. The zero-order valence-electron chi connectivity index (χ0n) is 25.6. The predicted octanol–water partition coefficient (Wildman–Crippen LogP) is 6.72. The van der Waals surface area contributed by atoms with Gasteiger partial charge in [0.05, 0.1) is 23.4 Å². The van der Waals surface area contributed by atoms with Gasteiger partial charge in [0, 0.05) is 6.92 Å². The molecule has 0 aromatic rings. The van der Waals surface area contributed by atoms with Crippen molar-refractivity contribution in [2.24, 2.45) is 0 Å². The van der Waals surface area contributed by atoms with Crippen molar-refractivity contribution in [1.82, 2.24) is 0 Å². The number of rotatable bonds is 16. The first-order chi connectivity index (χ1) is 17.5. The molecular weight excluding hydrogens is 480 g/mol. The van der Waals surface area contributed by atoms with E-state index < -0.39 is 35.0 Å². The van der Waals surface area contributed by atoms with Crippen molar-refractivity contribution in [3.05, 3.63) is 34.9 Å². The summed E-state index contributed by atoms with van der Waals surface area (Å²) in [5, 5.41) is 32.9. The van der Waals surface area contributed by atoms with Crippen LogP contribution in [0.5, 0.6) is 0 Å². The normalized spacial score (nSPS) is 24.6. The highest BCUT2D eigenvalue weighted by Crippen LogP contribution is 2.41. The van der Waals surface area contributed by atoms with Crippen LogP contribution in [0, 0.1) is 0 Å². The summed E-state index contributed by atoms with van der Waals surface area (Å²) in [7, 11) is 0. The van der Waals surface area contributed by atoms with E-state index in [4.69, 9.17) is 9.47 Å². The number of ether oxygens (including phenoxy) is 2. The summed E-state index contributed by atoms with van der Waals surface area (Å²) in [6.45, 7) is 17.1. The Morgan fingerprint density at radius 2 is 1.55 bits per heavy atom. The molecular formula is C32H56O6.